The van der Waals surface area contributed by atoms with Crippen molar-refractivity contribution < 1.29 is 14.3 Å². The Morgan fingerprint density at radius 1 is 1.50 bits per heavy atom. The summed E-state index contributed by atoms with van der Waals surface area (Å²) >= 11 is 5.59. The summed E-state index contributed by atoms with van der Waals surface area (Å²) < 4.78 is 4.41. The Balaban J connectivity index is 3.00. The number of aromatic nitrogens is 1. The van der Waals surface area contributed by atoms with Crippen LogP contribution < -0.4 is 0 Å². The van der Waals surface area contributed by atoms with E-state index in [9.17, 15) is 9.59 Å². The number of pyridine rings is 1. The first-order valence-corrected chi connectivity index (χ1v) is 4.23. The molecule has 0 spiro atoms. The number of carbonyl (C=O) groups is 2. The highest BCUT2D eigenvalue weighted by Crippen LogP contribution is 2.13. The van der Waals surface area contributed by atoms with Crippen LogP contribution in [-0.4, -0.2) is 16.9 Å². The predicted octanol–water partition coefficient (Wildman–Crippen LogP) is 1.75. The van der Waals surface area contributed by atoms with E-state index < -0.39 is 11.9 Å². The standard InChI is InChI=1S/C9H8ClNO3/c1-5-4-11-8(10)3-7(5)9(13)14-6(2)12/h3-4H,1-2H3. The molecule has 1 aromatic rings. The van der Waals surface area contributed by atoms with Crippen molar-refractivity contribution in [1.29, 1.82) is 0 Å². The number of hydrogen-bond donors (Lipinski definition) is 0. The first kappa shape index (κ1) is 10.7. The van der Waals surface area contributed by atoms with Crippen LogP contribution in [0.4, 0.5) is 0 Å². The average molecular weight is 214 g/mol. The van der Waals surface area contributed by atoms with E-state index in [0.717, 1.165) is 6.92 Å². The second-order valence-corrected chi connectivity index (χ2v) is 3.09. The van der Waals surface area contributed by atoms with Crippen LogP contribution in [0.25, 0.3) is 0 Å². The molecule has 0 saturated heterocycles. The van der Waals surface area contributed by atoms with E-state index in [1.807, 2.05) is 0 Å². The quantitative estimate of drug-likeness (QED) is 0.405. The zero-order valence-corrected chi connectivity index (χ0v) is 8.46. The number of esters is 2. The van der Waals surface area contributed by atoms with Gasteiger partial charge in [0.25, 0.3) is 0 Å². The molecule has 0 aromatic carbocycles. The van der Waals surface area contributed by atoms with Crippen LogP contribution in [0.2, 0.25) is 5.15 Å². The van der Waals surface area contributed by atoms with Crippen molar-refractivity contribution in [2.45, 2.75) is 13.8 Å². The van der Waals surface area contributed by atoms with E-state index in [1.165, 1.54) is 12.3 Å². The summed E-state index contributed by atoms with van der Waals surface area (Å²) in [5.41, 5.74) is 0.862. The molecule has 0 aliphatic carbocycles. The molecule has 1 aromatic heterocycles. The van der Waals surface area contributed by atoms with Gasteiger partial charge < -0.3 is 4.74 Å². The summed E-state index contributed by atoms with van der Waals surface area (Å²) in [6.45, 7) is 2.84. The number of rotatable bonds is 1. The summed E-state index contributed by atoms with van der Waals surface area (Å²) in [7, 11) is 0. The third kappa shape index (κ3) is 2.53. The topological polar surface area (TPSA) is 56.3 Å². The van der Waals surface area contributed by atoms with Crippen molar-refractivity contribution in [3.63, 3.8) is 0 Å². The molecule has 5 heteroatoms. The summed E-state index contributed by atoms with van der Waals surface area (Å²) in [6, 6.07) is 1.36. The Kier molecular flexibility index (Phi) is 3.19. The Hall–Kier alpha value is -1.42. The second kappa shape index (κ2) is 4.19. The lowest BCUT2D eigenvalue weighted by Gasteiger charge is -2.03. The SMILES string of the molecule is CC(=O)OC(=O)c1cc(Cl)ncc1C. The minimum atomic E-state index is -0.709. The van der Waals surface area contributed by atoms with Crippen molar-refractivity contribution in [1.82, 2.24) is 4.98 Å². The third-order valence-electron chi connectivity index (χ3n) is 1.53. The van der Waals surface area contributed by atoms with Crippen LogP contribution in [-0.2, 0) is 9.53 Å². The van der Waals surface area contributed by atoms with Crippen LogP contribution in [0.3, 0.4) is 0 Å². The van der Waals surface area contributed by atoms with Gasteiger partial charge >= 0.3 is 11.9 Å². The predicted molar refractivity (Wildman–Crippen MR) is 50.1 cm³/mol. The van der Waals surface area contributed by atoms with Gasteiger partial charge in [0.1, 0.15) is 5.15 Å². The molecular weight excluding hydrogens is 206 g/mol. The second-order valence-electron chi connectivity index (χ2n) is 2.70. The lowest BCUT2D eigenvalue weighted by molar-refractivity contribution is -0.135. The summed E-state index contributed by atoms with van der Waals surface area (Å²) in [5, 5.41) is 0.186. The Bertz CT molecular complexity index is 390. The molecule has 0 atom stereocenters. The summed E-state index contributed by atoms with van der Waals surface area (Å²) in [4.78, 5) is 25.6. The molecule has 4 nitrogen and oxygen atoms in total. The van der Waals surface area contributed by atoms with Crippen LogP contribution in [0.1, 0.15) is 22.8 Å². The fourth-order valence-electron chi connectivity index (χ4n) is 0.904. The molecule has 0 saturated carbocycles. The highest BCUT2D eigenvalue weighted by molar-refractivity contribution is 6.29. The van der Waals surface area contributed by atoms with Crippen LogP contribution in [0, 0.1) is 6.92 Å². The van der Waals surface area contributed by atoms with Crippen LogP contribution in [0.15, 0.2) is 12.3 Å². The first-order valence-electron chi connectivity index (χ1n) is 3.85. The van der Waals surface area contributed by atoms with E-state index in [-0.39, 0.29) is 10.7 Å². The number of halogens is 1. The average Bonchev–Trinajstić information content (AvgIpc) is 2.08. The zero-order valence-electron chi connectivity index (χ0n) is 7.70. The van der Waals surface area contributed by atoms with Crippen molar-refractivity contribution in [3.05, 3.63) is 28.5 Å². The lowest BCUT2D eigenvalue weighted by atomic mass is 10.2. The number of hydrogen-bond acceptors (Lipinski definition) is 4. The number of nitrogens with zero attached hydrogens (tertiary/aromatic N) is 1. The number of ether oxygens (including phenoxy) is 1. The highest BCUT2D eigenvalue weighted by atomic mass is 35.5. The summed E-state index contributed by atoms with van der Waals surface area (Å²) in [6.07, 6.45) is 1.44. The lowest BCUT2D eigenvalue weighted by Crippen LogP contribution is -2.11. The van der Waals surface area contributed by atoms with Crippen molar-refractivity contribution >= 4 is 23.5 Å². The zero-order chi connectivity index (χ0) is 10.7. The van der Waals surface area contributed by atoms with E-state index in [0.29, 0.717) is 5.56 Å². The van der Waals surface area contributed by atoms with Crippen LogP contribution in [0.5, 0.6) is 0 Å². The van der Waals surface area contributed by atoms with Crippen LogP contribution >= 0.6 is 11.6 Å². The van der Waals surface area contributed by atoms with Gasteiger partial charge in [-0.25, -0.2) is 9.78 Å². The van der Waals surface area contributed by atoms with E-state index in [2.05, 4.69) is 9.72 Å². The van der Waals surface area contributed by atoms with E-state index >= 15 is 0 Å². The maximum absolute atomic E-state index is 11.3. The molecule has 0 fully saturated rings. The molecule has 0 bridgehead atoms. The molecule has 0 aliphatic rings. The fraction of sp³-hybridized carbons (Fsp3) is 0.222. The highest BCUT2D eigenvalue weighted by Gasteiger charge is 2.13. The first-order chi connectivity index (χ1) is 6.50. The number of carbonyl (C=O) groups excluding carboxylic acids is 2. The fourth-order valence-corrected chi connectivity index (χ4v) is 1.06. The Morgan fingerprint density at radius 3 is 2.71 bits per heavy atom. The van der Waals surface area contributed by atoms with Gasteiger partial charge in [0.15, 0.2) is 0 Å². The van der Waals surface area contributed by atoms with Gasteiger partial charge in [0, 0.05) is 13.1 Å². The van der Waals surface area contributed by atoms with Gasteiger partial charge in [-0.15, -0.1) is 0 Å². The van der Waals surface area contributed by atoms with Crippen molar-refractivity contribution in [2.24, 2.45) is 0 Å². The minimum absolute atomic E-state index is 0.186. The monoisotopic (exact) mass is 213 g/mol. The molecule has 0 N–H and O–H groups in total. The van der Waals surface area contributed by atoms with Crippen molar-refractivity contribution in [2.75, 3.05) is 0 Å². The normalized spacial score (nSPS) is 9.64. The van der Waals surface area contributed by atoms with Gasteiger partial charge in [-0.05, 0) is 18.6 Å². The molecule has 1 heterocycles. The van der Waals surface area contributed by atoms with Gasteiger partial charge in [-0.1, -0.05) is 11.6 Å². The van der Waals surface area contributed by atoms with Gasteiger partial charge in [-0.3, -0.25) is 4.79 Å². The maximum atomic E-state index is 11.3. The Labute approximate surface area is 85.9 Å². The smallest absolute Gasteiger partial charge is 0.346 e. The molecule has 74 valence electrons. The van der Waals surface area contributed by atoms with Gasteiger partial charge in [-0.2, -0.15) is 0 Å². The van der Waals surface area contributed by atoms with E-state index in [1.54, 1.807) is 6.92 Å². The summed E-state index contributed by atoms with van der Waals surface area (Å²) in [5.74, 6) is -1.36. The molecule has 0 aliphatic heterocycles. The largest absolute Gasteiger partial charge is 0.390 e. The molecule has 1 rings (SSSR count). The van der Waals surface area contributed by atoms with E-state index in [4.69, 9.17) is 11.6 Å². The Morgan fingerprint density at radius 2 is 2.14 bits per heavy atom. The molecule has 0 amide bonds. The van der Waals surface area contributed by atoms with Gasteiger partial charge in [0.05, 0.1) is 5.56 Å². The third-order valence-corrected chi connectivity index (χ3v) is 1.73. The maximum Gasteiger partial charge on any atom is 0.346 e. The minimum Gasteiger partial charge on any atom is -0.390 e. The van der Waals surface area contributed by atoms with Crippen molar-refractivity contribution in [3.8, 4) is 0 Å². The molecule has 0 unspecified atom stereocenters. The molecular formula is C9H8ClNO3. The molecule has 14 heavy (non-hydrogen) atoms. The van der Waals surface area contributed by atoms with Gasteiger partial charge in [0.2, 0.25) is 0 Å². The number of aryl methyl sites for hydroxylation is 1. The molecule has 0 radical (unpaired) electrons.